The molecule has 112 valence electrons. The lowest BCUT2D eigenvalue weighted by molar-refractivity contribution is -0.153. The van der Waals surface area contributed by atoms with Gasteiger partial charge < -0.3 is 15.3 Å². The molecule has 0 aliphatic carbocycles. The molecule has 0 radical (unpaired) electrons. The fourth-order valence-corrected chi connectivity index (χ4v) is 2.16. The van der Waals surface area contributed by atoms with Crippen LogP contribution in [-0.4, -0.2) is 40.9 Å². The average Bonchev–Trinajstić information content (AvgIpc) is 2.39. The molecule has 0 aromatic heterocycles. The van der Waals surface area contributed by atoms with Crippen molar-refractivity contribution in [3.05, 3.63) is 29.8 Å². The standard InChI is InChI=1S/C15H18N2O4/c1-9-3-5-12(6-4-9)16-13(18)14(19)17-7-11(8-17)10(2)15(20)21/h3-6,10-11H,7-8H2,1-2H3,(H,16,18)(H,20,21). The highest BCUT2D eigenvalue weighted by molar-refractivity contribution is 6.39. The Hall–Kier alpha value is -2.37. The van der Waals surface area contributed by atoms with Crippen LogP contribution in [0.3, 0.4) is 0 Å². The molecule has 1 aromatic rings. The summed E-state index contributed by atoms with van der Waals surface area (Å²) in [6.07, 6.45) is 0. The van der Waals surface area contributed by atoms with E-state index in [1.807, 2.05) is 19.1 Å². The summed E-state index contributed by atoms with van der Waals surface area (Å²) >= 11 is 0. The van der Waals surface area contributed by atoms with Gasteiger partial charge in [-0.1, -0.05) is 24.6 Å². The lowest BCUT2D eigenvalue weighted by Gasteiger charge is -2.40. The van der Waals surface area contributed by atoms with Gasteiger partial charge in [-0.15, -0.1) is 0 Å². The quantitative estimate of drug-likeness (QED) is 0.816. The number of likely N-dealkylation sites (tertiary alicyclic amines) is 1. The van der Waals surface area contributed by atoms with Crippen molar-refractivity contribution in [2.75, 3.05) is 18.4 Å². The third-order valence-electron chi connectivity index (χ3n) is 3.80. The largest absolute Gasteiger partial charge is 0.481 e. The number of hydrogen-bond donors (Lipinski definition) is 2. The Kier molecular flexibility index (Phi) is 4.26. The van der Waals surface area contributed by atoms with Gasteiger partial charge in [0.2, 0.25) is 0 Å². The van der Waals surface area contributed by atoms with Crippen LogP contribution in [0.5, 0.6) is 0 Å². The normalized spacial score (nSPS) is 16.0. The van der Waals surface area contributed by atoms with Gasteiger partial charge in [0.25, 0.3) is 0 Å². The first-order valence-electron chi connectivity index (χ1n) is 6.78. The van der Waals surface area contributed by atoms with E-state index in [0.29, 0.717) is 18.8 Å². The molecule has 2 N–H and O–H groups in total. The molecule has 2 amide bonds. The molecule has 1 aliphatic heterocycles. The molecule has 1 aliphatic rings. The Morgan fingerprint density at radius 1 is 1.24 bits per heavy atom. The fraction of sp³-hybridized carbons (Fsp3) is 0.400. The SMILES string of the molecule is Cc1ccc(NC(=O)C(=O)N2CC(C(C)C(=O)O)C2)cc1. The highest BCUT2D eigenvalue weighted by Gasteiger charge is 2.39. The molecule has 1 fully saturated rings. The van der Waals surface area contributed by atoms with Crippen molar-refractivity contribution >= 4 is 23.5 Å². The molecule has 0 saturated carbocycles. The number of carboxylic acids is 1. The number of aliphatic carboxylic acids is 1. The second-order valence-corrected chi connectivity index (χ2v) is 5.42. The Labute approximate surface area is 122 Å². The number of carboxylic acid groups (broad SMARTS) is 1. The van der Waals surface area contributed by atoms with E-state index in [1.165, 1.54) is 4.90 Å². The highest BCUT2D eigenvalue weighted by Crippen LogP contribution is 2.24. The Balaban J connectivity index is 1.86. The summed E-state index contributed by atoms with van der Waals surface area (Å²) in [6, 6.07) is 7.14. The minimum atomic E-state index is -0.879. The summed E-state index contributed by atoms with van der Waals surface area (Å²) in [5.41, 5.74) is 1.63. The maximum atomic E-state index is 11.9. The third kappa shape index (κ3) is 3.39. The minimum absolute atomic E-state index is 0.0846. The van der Waals surface area contributed by atoms with Gasteiger partial charge in [0.05, 0.1) is 5.92 Å². The number of nitrogens with zero attached hydrogens (tertiary/aromatic N) is 1. The average molecular weight is 290 g/mol. The number of anilines is 1. The monoisotopic (exact) mass is 290 g/mol. The maximum absolute atomic E-state index is 11.9. The molecule has 6 nitrogen and oxygen atoms in total. The zero-order valence-electron chi connectivity index (χ0n) is 12.0. The first-order chi connectivity index (χ1) is 9.88. The van der Waals surface area contributed by atoms with Crippen LogP contribution < -0.4 is 5.32 Å². The summed E-state index contributed by atoms with van der Waals surface area (Å²) in [5.74, 6) is -2.78. The van der Waals surface area contributed by atoms with E-state index < -0.39 is 23.7 Å². The van der Waals surface area contributed by atoms with E-state index in [1.54, 1.807) is 19.1 Å². The van der Waals surface area contributed by atoms with E-state index in [4.69, 9.17) is 5.11 Å². The van der Waals surface area contributed by atoms with Crippen molar-refractivity contribution in [3.8, 4) is 0 Å². The Bertz CT molecular complexity index is 562. The number of aryl methyl sites for hydroxylation is 1. The third-order valence-corrected chi connectivity index (χ3v) is 3.80. The zero-order valence-corrected chi connectivity index (χ0v) is 12.0. The van der Waals surface area contributed by atoms with E-state index in [2.05, 4.69) is 5.32 Å². The maximum Gasteiger partial charge on any atom is 0.313 e. The molecule has 1 saturated heterocycles. The number of rotatable bonds is 3. The number of hydrogen-bond acceptors (Lipinski definition) is 3. The topological polar surface area (TPSA) is 86.7 Å². The summed E-state index contributed by atoms with van der Waals surface area (Å²) in [6.45, 7) is 4.17. The molecule has 1 aromatic carbocycles. The summed E-state index contributed by atoms with van der Waals surface area (Å²) in [5, 5.41) is 11.4. The summed E-state index contributed by atoms with van der Waals surface area (Å²) < 4.78 is 0. The molecular formula is C15H18N2O4. The van der Waals surface area contributed by atoms with Crippen LogP contribution in [-0.2, 0) is 14.4 Å². The molecule has 1 unspecified atom stereocenters. The minimum Gasteiger partial charge on any atom is -0.481 e. The van der Waals surface area contributed by atoms with Gasteiger partial charge in [-0.25, -0.2) is 0 Å². The first-order valence-corrected chi connectivity index (χ1v) is 6.78. The van der Waals surface area contributed by atoms with E-state index in [0.717, 1.165) is 5.56 Å². The molecular weight excluding hydrogens is 272 g/mol. The van der Waals surface area contributed by atoms with Gasteiger partial charge in [-0.2, -0.15) is 0 Å². The molecule has 1 atom stereocenters. The molecule has 0 bridgehead atoms. The van der Waals surface area contributed by atoms with E-state index in [9.17, 15) is 14.4 Å². The molecule has 1 heterocycles. The summed E-state index contributed by atoms with van der Waals surface area (Å²) in [7, 11) is 0. The number of benzene rings is 1. The predicted molar refractivity (Wildman–Crippen MR) is 76.7 cm³/mol. The Morgan fingerprint density at radius 3 is 2.33 bits per heavy atom. The number of amides is 2. The van der Waals surface area contributed by atoms with Crippen LogP contribution in [0.2, 0.25) is 0 Å². The van der Waals surface area contributed by atoms with Crippen molar-refractivity contribution in [3.63, 3.8) is 0 Å². The van der Waals surface area contributed by atoms with Crippen LogP contribution in [0.4, 0.5) is 5.69 Å². The van der Waals surface area contributed by atoms with Gasteiger partial charge >= 0.3 is 17.8 Å². The van der Waals surface area contributed by atoms with Gasteiger partial charge in [0.15, 0.2) is 0 Å². The van der Waals surface area contributed by atoms with Crippen LogP contribution in [0.15, 0.2) is 24.3 Å². The lowest BCUT2D eigenvalue weighted by Crippen LogP contribution is -2.56. The molecule has 6 heteroatoms. The van der Waals surface area contributed by atoms with Crippen molar-refractivity contribution in [1.82, 2.24) is 4.90 Å². The number of carbonyl (C=O) groups excluding carboxylic acids is 2. The number of carbonyl (C=O) groups is 3. The van der Waals surface area contributed by atoms with Gasteiger partial charge in [-0.05, 0) is 19.1 Å². The second kappa shape index (κ2) is 5.95. The smallest absolute Gasteiger partial charge is 0.313 e. The van der Waals surface area contributed by atoms with Crippen molar-refractivity contribution < 1.29 is 19.5 Å². The Morgan fingerprint density at radius 2 is 1.81 bits per heavy atom. The van der Waals surface area contributed by atoms with Crippen LogP contribution in [0, 0.1) is 18.8 Å². The fourth-order valence-electron chi connectivity index (χ4n) is 2.16. The van der Waals surface area contributed by atoms with E-state index >= 15 is 0 Å². The lowest BCUT2D eigenvalue weighted by atomic mass is 9.87. The summed E-state index contributed by atoms with van der Waals surface area (Å²) in [4.78, 5) is 35.9. The van der Waals surface area contributed by atoms with Gasteiger partial charge in [0, 0.05) is 24.7 Å². The van der Waals surface area contributed by atoms with Gasteiger partial charge in [-0.3, -0.25) is 14.4 Å². The van der Waals surface area contributed by atoms with Crippen LogP contribution in [0.25, 0.3) is 0 Å². The molecule has 2 rings (SSSR count). The van der Waals surface area contributed by atoms with Crippen molar-refractivity contribution in [1.29, 1.82) is 0 Å². The molecule has 0 spiro atoms. The van der Waals surface area contributed by atoms with Crippen LogP contribution in [0.1, 0.15) is 12.5 Å². The highest BCUT2D eigenvalue weighted by atomic mass is 16.4. The van der Waals surface area contributed by atoms with Crippen LogP contribution >= 0.6 is 0 Å². The van der Waals surface area contributed by atoms with E-state index in [-0.39, 0.29) is 5.92 Å². The predicted octanol–water partition coefficient (Wildman–Crippen LogP) is 1.11. The van der Waals surface area contributed by atoms with Crippen molar-refractivity contribution in [2.45, 2.75) is 13.8 Å². The van der Waals surface area contributed by atoms with Gasteiger partial charge in [0.1, 0.15) is 0 Å². The van der Waals surface area contributed by atoms with Crippen molar-refractivity contribution in [2.24, 2.45) is 11.8 Å². The molecule has 21 heavy (non-hydrogen) atoms. The zero-order chi connectivity index (χ0) is 15.6. The second-order valence-electron chi connectivity index (χ2n) is 5.42. The number of nitrogens with one attached hydrogen (secondary N) is 1. The first kappa shape index (κ1) is 15.0.